The molecule has 2 nitrogen and oxygen atoms in total. The molecule has 0 saturated heterocycles. The quantitative estimate of drug-likeness (QED) is 0.831. The number of rotatable bonds is 2. The lowest BCUT2D eigenvalue weighted by Gasteiger charge is -2.18. The minimum atomic E-state index is -0.604. The van der Waals surface area contributed by atoms with Crippen molar-refractivity contribution in [1.82, 2.24) is 0 Å². The average Bonchev–Trinajstić information content (AvgIpc) is 2.46. The number of allylic oxidation sites excluding steroid dienone is 1. The zero-order valence-corrected chi connectivity index (χ0v) is 10.7. The Hall–Kier alpha value is -1.93. The molecule has 19 heavy (non-hydrogen) atoms. The van der Waals surface area contributed by atoms with Gasteiger partial charge in [0.15, 0.2) is 5.78 Å². The van der Waals surface area contributed by atoms with Crippen LogP contribution in [0.5, 0.6) is 0 Å². The lowest BCUT2D eigenvalue weighted by molar-refractivity contribution is 0.0975. The first-order valence-corrected chi connectivity index (χ1v) is 6.67. The number of hydrogen-bond acceptors (Lipinski definition) is 2. The Labute approximate surface area is 112 Å². The fraction of sp³-hybridized carbons (Fsp3) is 0.235. The van der Waals surface area contributed by atoms with E-state index in [0.29, 0.717) is 17.6 Å². The molecule has 0 aromatic heterocycles. The zero-order chi connectivity index (χ0) is 13.2. The van der Waals surface area contributed by atoms with E-state index >= 15 is 0 Å². The third-order valence-corrected chi connectivity index (χ3v) is 3.68. The molecule has 0 aliphatic heterocycles. The van der Waals surface area contributed by atoms with Gasteiger partial charge >= 0.3 is 0 Å². The largest absolute Gasteiger partial charge is 0.388 e. The first-order valence-electron chi connectivity index (χ1n) is 6.67. The summed E-state index contributed by atoms with van der Waals surface area (Å²) in [6, 6.07) is 13.7. The van der Waals surface area contributed by atoms with Crippen LogP contribution in [0.1, 0.15) is 29.6 Å². The van der Waals surface area contributed by atoms with Gasteiger partial charge in [0.05, 0.1) is 6.10 Å². The molecule has 0 unspecified atom stereocenters. The van der Waals surface area contributed by atoms with Crippen molar-refractivity contribution in [2.24, 2.45) is 0 Å². The van der Waals surface area contributed by atoms with E-state index in [0.717, 1.165) is 23.6 Å². The van der Waals surface area contributed by atoms with Gasteiger partial charge in [-0.2, -0.15) is 0 Å². The number of aliphatic hydroxyl groups excluding tert-OH is 1. The Morgan fingerprint density at radius 2 is 1.89 bits per heavy atom. The Morgan fingerprint density at radius 1 is 1.11 bits per heavy atom. The van der Waals surface area contributed by atoms with Crippen LogP contribution >= 0.6 is 0 Å². The Balaban J connectivity index is 1.99. The highest BCUT2D eigenvalue weighted by atomic mass is 16.3. The summed E-state index contributed by atoms with van der Waals surface area (Å²) in [7, 11) is 0. The van der Waals surface area contributed by atoms with E-state index in [1.807, 2.05) is 48.5 Å². The standard InChI is InChI=1S/C17H16O2/c18-16-8-4-3-7-15(16)17(19)14-10-9-12-5-1-2-6-13(12)11-14/h1-2,5-7,9-11,16,18H,3-4,8H2/t16-/m1/s1. The van der Waals surface area contributed by atoms with Crippen LogP contribution in [0.4, 0.5) is 0 Å². The van der Waals surface area contributed by atoms with Crippen molar-refractivity contribution in [1.29, 1.82) is 0 Å². The summed E-state index contributed by atoms with van der Waals surface area (Å²) < 4.78 is 0. The van der Waals surface area contributed by atoms with Crippen molar-refractivity contribution in [2.45, 2.75) is 25.4 Å². The fourth-order valence-electron chi connectivity index (χ4n) is 2.60. The van der Waals surface area contributed by atoms with Crippen molar-refractivity contribution < 1.29 is 9.90 Å². The molecule has 0 radical (unpaired) electrons. The van der Waals surface area contributed by atoms with Crippen molar-refractivity contribution in [2.75, 3.05) is 0 Å². The highest BCUT2D eigenvalue weighted by Gasteiger charge is 2.22. The predicted octanol–water partition coefficient (Wildman–Crippen LogP) is 3.49. The molecule has 1 aliphatic carbocycles. The van der Waals surface area contributed by atoms with Gasteiger partial charge in [0.2, 0.25) is 0 Å². The van der Waals surface area contributed by atoms with Crippen LogP contribution in [-0.4, -0.2) is 17.0 Å². The van der Waals surface area contributed by atoms with Gasteiger partial charge in [-0.3, -0.25) is 4.79 Å². The van der Waals surface area contributed by atoms with E-state index in [2.05, 4.69) is 0 Å². The van der Waals surface area contributed by atoms with E-state index in [9.17, 15) is 9.90 Å². The third-order valence-electron chi connectivity index (χ3n) is 3.68. The second-order valence-corrected chi connectivity index (χ2v) is 5.00. The second kappa shape index (κ2) is 4.98. The Morgan fingerprint density at radius 3 is 2.68 bits per heavy atom. The van der Waals surface area contributed by atoms with Gasteiger partial charge in [0.25, 0.3) is 0 Å². The van der Waals surface area contributed by atoms with E-state index < -0.39 is 6.10 Å². The molecular formula is C17H16O2. The maximum Gasteiger partial charge on any atom is 0.191 e. The van der Waals surface area contributed by atoms with Gasteiger partial charge in [-0.25, -0.2) is 0 Å². The average molecular weight is 252 g/mol. The minimum Gasteiger partial charge on any atom is -0.388 e. The Kier molecular flexibility index (Phi) is 3.18. The van der Waals surface area contributed by atoms with Crippen LogP contribution < -0.4 is 0 Å². The van der Waals surface area contributed by atoms with Crippen molar-refractivity contribution >= 4 is 16.6 Å². The fourth-order valence-corrected chi connectivity index (χ4v) is 2.60. The van der Waals surface area contributed by atoms with E-state index in [1.54, 1.807) is 0 Å². The van der Waals surface area contributed by atoms with Gasteiger partial charge in [-0.15, -0.1) is 0 Å². The Bertz CT molecular complexity index is 655. The number of fused-ring (bicyclic) bond motifs is 1. The van der Waals surface area contributed by atoms with Gasteiger partial charge in [0, 0.05) is 11.1 Å². The molecule has 0 heterocycles. The summed E-state index contributed by atoms with van der Waals surface area (Å²) in [4.78, 5) is 12.4. The molecule has 1 aliphatic rings. The van der Waals surface area contributed by atoms with Crippen LogP contribution in [0.3, 0.4) is 0 Å². The second-order valence-electron chi connectivity index (χ2n) is 5.00. The summed E-state index contributed by atoms with van der Waals surface area (Å²) in [5.41, 5.74) is 1.22. The smallest absolute Gasteiger partial charge is 0.191 e. The molecule has 1 N–H and O–H groups in total. The monoisotopic (exact) mass is 252 g/mol. The van der Waals surface area contributed by atoms with Crippen LogP contribution in [0.2, 0.25) is 0 Å². The number of carbonyl (C=O) groups excluding carboxylic acids is 1. The summed E-state index contributed by atoms with van der Waals surface area (Å²) in [5, 5.41) is 12.1. The van der Waals surface area contributed by atoms with Gasteiger partial charge < -0.3 is 5.11 Å². The number of hydrogen-bond donors (Lipinski definition) is 1. The number of benzene rings is 2. The maximum atomic E-state index is 12.4. The normalized spacial score (nSPS) is 19.2. The molecule has 0 fully saturated rings. The van der Waals surface area contributed by atoms with E-state index in [4.69, 9.17) is 0 Å². The lowest BCUT2D eigenvalue weighted by Crippen LogP contribution is -2.20. The number of aliphatic hydroxyl groups is 1. The molecule has 3 rings (SSSR count). The molecule has 0 bridgehead atoms. The maximum absolute atomic E-state index is 12.4. The van der Waals surface area contributed by atoms with Gasteiger partial charge in [-0.1, -0.05) is 42.5 Å². The molecule has 2 aromatic carbocycles. The molecule has 2 heteroatoms. The SMILES string of the molecule is O=C(C1=CCCC[C@H]1O)c1ccc2ccccc2c1. The number of carbonyl (C=O) groups is 1. The molecule has 96 valence electrons. The third kappa shape index (κ3) is 2.32. The van der Waals surface area contributed by atoms with Crippen molar-refractivity contribution in [3.63, 3.8) is 0 Å². The molecule has 0 amide bonds. The summed E-state index contributed by atoms with van der Waals surface area (Å²) in [6.07, 6.45) is 3.80. The number of Topliss-reactive ketones (excluding diaryl/α,β-unsaturated/α-hetero) is 1. The van der Waals surface area contributed by atoms with Crippen LogP contribution in [0.25, 0.3) is 10.8 Å². The molecular weight excluding hydrogens is 236 g/mol. The van der Waals surface area contributed by atoms with E-state index in [1.165, 1.54) is 0 Å². The van der Waals surface area contributed by atoms with Crippen LogP contribution in [-0.2, 0) is 0 Å². The summed E-state index contributed by atoms with van der Waals surface area (Å²) in [6.45, 7) is 0. The van der Waals surface area contributed by atoms with Gasteiger partial charge in [0.1, 0.15) is 0 Å². The van der Waals surface area contributed by atoms with Gasteiger partial charge in [-0.05, 0) is 36.1 Å². The molecule has 0 spiro atoms. The minimum absolute atomic E-state index is 0.0436. The number of ketones is 1. The highest BCUT2D eigenvalue weighted by Crippen LogP contribution is 2.24. The summed E-state index contributed by atoms with van der Waals surface area (Å²) >= 11 is 0. The highest BCUT2D eigenvalue weighted by molar-refractivity contribution is 6.11. The first kappa shape index (κ1) is 12.1. The summed E-state index contributed by atoms with van der Waals surface area (Å²) in [5.74, 6) is -0.0436. The van der Waals surface area contributed by atoms with Crippen LogP contribution in [0.15, 0.2) is 54.1 Å². The molecule has 0 saturated carbocycles. The first-order chi connectivity index (χ1) is 9.25. The van der Waals surface area contributed by atoms with Crippen molar-refractivity contribution in [3.05, 3.63) is 59.7 Å². The van der Waals surface area contributed by atoms with E-state index in [-0.39, 0.29) is 5.78 Å². The lowest BCUT2D eigenvalue weighted by atomic mass is 9.90. The predicted molar refractivity (Wildman–Crippen MR) is 76.2 cm³/mol. The van der Waals surface area contributed by atoms with Crippen LogP contribution in [0, 0.1) is 0 Å². The molecule has 1 atom stereocenters. The molecule has 2 aromatic rings. The zero-order valence-electron chi connectivity index (χ0n) is 10.7. The van der Waals surface area contributed by atoms with Crippen molar-refractivity contribution in [3.8, 4) is 0 Å². The topological polar surface area (TPSA) is 37.3 Å².